The number of fused-ring (bicyclic) bond motifs is 1. The van der Waals surface area contributed by atoms with Gasteiger partial charge >= 0.3 is 0 Å². The van der Waals surface area contributed by atoms with E-state index in [0.717, 1.165) is 16.7 Å². The highest BCUT2D eigenvalue weighted by Gasteiger charge is 2.38. The minimum absolute atomic E-state index is 0.0268. The van der Waals surface area contributed by atoms with Crippen molar-refractivity contribution in [2.75, 3.05) is 6.54 Å². The summed E-state index contributed by atoms with van der Waals surface area (Å²) < 4.78 is 2.24. The van der Waals surface area contributed by atoms with Crippen molar-refractivity contribution < 1.29 is 14.4 Å². The summed E-state index contributed by atoms with van der Waals surface area (Å²) in [6, 6.07) is 8.89. The molecule has 39 heavy (non-hydrogen) atoms. The SMILES string of the molecule is CC(=O)c1nn(CC(=O)N2C[C@H](C)C[C@H]2C(=O)Cc2nc(Br)ccc2C)c2ccc(-c3cnc(C)nc3)cc12. The number of likely N-dealkylation sites (tertiary alicyclic amines) is 1. The number of hydrogen-bond acceptors (Lipinski definition) is 7. The van der Waals surface area contributed by atoms with Crippen molar-refractivity contribution in [2.45, 2.75) is 53.1 Å². The van der Waals surface area contributed by atoms with Crippen molar-refractivity contribution in [1.29, 1.82) is 0 Å². The van der Waals surface area contributed by atoms with Crippen molar-refractivity contribution in [3.63, 3.8) is 0 Å². The van der Waals surface area contributed by atoms with Gasteiger partial charge in [0.1, 0.15) is 22.7 Å². The molecule has 0 aliphatic carbocycles. The van der Waals surface area contributed by atoms with Crippen LogP contribution in [0.3, 0.4) is 0 Å². The number of aromatic nitrogens is 5. The lowest BCUT2D eigenvalue weighted by Crippen LogP contribution is -2.43. The van der Waals surface area contributed by atoms with E-state index in [2.05, 4.69) is 36.0 Å². The van der Waals surface area contributed by atoms with E-state index in [0.29, 0.717) is 45.7 Å². The Kier molecular flexibility index (Phi) is 7.40. The van der Waals surface area contributed by atoms with E-state index in [9.17, 15) is 14.4 Å². The Morgan fingerprint density at radius 2 is 1.79 bits per heavy atom. The van der Waals surface area contributed by atoms with Gasteiger partial charge in [0.15, 0.2) is 11.6 Å². The Labute approximate surface area is 234 Å². The van der Waals surface area contributed by atoms with Crippen LogP contribution in [-0.4, -0.2) is 59.7 Å². The fourth-order valence-corrected chi connectivity index (χ4v) is 5.48. The summed E-state index contributed by atoms with van der Waals surface area (Å²) in [6.07, 6.45) is 4.25. The third-order valence-electron chi connectivity index (χ3n) is 7.19. The first-order valence-electron chi connectivity index (χ1n) is 12.9. The van der Waals surface area contributed by atoms with Gasteiger partial charge in [0.05, 0.1) is 23.7 Å². The van der Waals surface area contributed by atoms with Crippen molar-refractivity contribution in [1.82, 2.24) is 29.6 Å². The molecule has 0 unspecified atom stereocenters. The summed E-state index contributed by atoms with van der Waals surface area (Å²) in [5.41, 5.74) is 4.29. The predicted molar refractivity (Wildman–Crippen MR) is 150 cm³/mol. The van der Waals surface area contributed by atoms with Crippen molar-refractivity contribution in [3.05, 3.63) is 70.1 Å². The summed E-state index contributed by atoms with van der Waals surface area (Å²) in [5.74, 6) is 0.448. The Morgan fingerprint density at radius 1 is 1.05 bits per heavy atom. The number of amides is 1. The van der Waals surface area contributed by atoms with Gasteiger partial charge in [0.2, 0.25) is 5.91 Å². The van der Waals surface area contributed by atoms with Crippen LogP contribution in [0.15, 0.2) is 47.3 Å². The van der Waals surface area contributed by atoms with Crippen LogP contribution in [0, 0.1) is 19.8 Å². The summed E-state index contributed by atoms with van der Waals surface area (Å²) in [7, 11) is 0. The number of halogens is 1. The predicted octanol–water partition coefficient (Wildman–Crippen LogP) is 4.52. The van der Waals surface area contributed by atoms with E-state index in [1.54, 1.807) is 22.0 Å². The third-order valence-corrected chi connectivity index (χ3v) is 7.64. The lowest BCUT2D eigenvalue weighted by Gasteiger charge is -2.24. The van der Waals surface area contributed by atoms with E-state index in [4.69, 9.17) is 0 Å². The average molecular weight is 589 g/mol. The van der Waals surface area contributed by atoms with E-state index < -0.39 is 6.04 Å². The minimum Gasteiger partial charge on any atom is -0.331 e. The van der Waals surface area contributed by atoms with Gasteiger partial charge in [-0.3, -0.25) is 19.1 Å². The van der Waals surface area contributed by atoms with Gasteiger partial charge in [-0.25, -0.2) is 15.0 Å². The number of carbonyl (C=O) groups excluding carboxylic acids is 3. The lowest BCUT2D eigenvalue weighted by atomic mass is 10.00. The first kappa shape index (κ1) is 26.8. The molecule has 5 rings (SSSR count). The molecule has 3 aromatic heterocycles. The maximum absolute atomic E-state index is 13.6. The van der Waals surface area contributed by atoms with Crippen LogP contribution in [0.4, 0.5) is 0 Å². The van der Waals surface area contributed by atoms with Gasteiger partial charge in [-0.1, -0.05) is 19.1 Å². The second-order valence-electron chi connectivity index (χ2n) is 10.3. The number of Topliss-reactive ketones (excluding diaryl/α,β-unsaturated/α-hetero) is 2. The second-order valence-corrected chi connectivity index (χ2v) is 11.1. The smallest absolute Gasteiger partial charge is 0.244 e. The maximum Gasteiger partial charge on any atom is 0.244 e. The molecule has 0 N–H and O–H groups in total. The molecule has 0 bridgehead atoms. The fraction of sp³-hybridized carbons (Fsp3) is 0.345. The molecule has 0 spiro atoms. The van der Waals surface area contributed by atoms with Gasteiger partial charge in [0, 0.05) is 36.8 Å². The van der Waals surface area contributed by atoms with Gasteiger partial charge in [-0.2, -0.15) is 5.10 Å². The number of carbonyl (C=O) groups is 3. The molecule has 9 nitrogen and oxygen atoms in total. The maximum atomic E-state index is 13.6. The molecule has 4 heterocycles. The summed E-state index contributed by atoms with van der Waals surface area (Å²) in [5, 5.41) is 5.17. The zero-order valence-electron chi connectivity index (χ0n) is 22.3. The Bertz CT molecular complexity index is 1600. The Balaban J connectivity index is 1.41. The molecule has 1 amide bonds. The molecule has 1 fully saturated rings. The highest BCUT2D eigenvalue weighted by atomic mass is 79.9. The standard InChI is InChI=1S/C29H29BrN6O3/c1-16-9-25(26(38)11-23-17(2)5-8-27(30)33-23)35(14-16)28(39)15-36-24-7-6-20(21-12-31-19(4)32-13-21)10-22(24)29(34-36)18(3)37/h5-8,10,12-13,16,25H,9,11,14-15H2,1-4H3/t16-,25+/m1/s1. The highest BCUT2D eigenvalue weighted by Crippen LogP contribution is 2.29. The van der Waals surface area contributed by atoms with Crippen molar-refractivity contribution in [3.8, 4) is 11.1 Å². The number of nitrogens with zero attached hydrogens (tertiary/aromatic N) is 6. The zero-order chi connectivity index (χ0) is 27.8. The molecular formula is C29H29BrN6O3. The number of ketones is 2. The number of aryl methyl sites for hydroxylation is 2. The molecule has 2 atom stereocenters. The number of pyridine rings is 1. The molecule has 1 aliphatic heterocycles. The van der Waals surface area contributed by atoms with E-state index >= 15 is 0 Å². The molecular weight excluding hydrogens is 560 g/mol. The van der Waals surface area contributed by atoms with Crippen LogP contribution < -0.4 is 0 Å². The zero-order valence-corrected chi connectivity index (χ0v) is 23.9. The van der Waals surface area contributed by atoms with Crippen LogP contribution >= 0.6 is 15.9 Å². The lowest BCUT2D eigenvalue weighted by molar-refractivity contribution is -0.138. The molecule has 4 aromatic rings. The fourth-order valence-electron chi connectivity index (χ4n) is 5.13. The molecule has 1 saturated heterocycles. The quantitative estimate of drug-likeness (QED) is 0.230. The molecule has 1 aliphatic rings. The van der Waals surface area contributed by atoms with Crippen LogP contribution in [0.25, 0.3) is 22.0 Å². The van der Waals surface area contributed by atoms with Crippen molar-refractivity contribution >= 4 is 44.3 Å². The first-order chi connectivity index (χ1) is 18.6. The van der Waals surface area contributed by atoms with Gasteiger partial charge in [0.25, 0.3) is 0 Å². The molecule has 200 valence electrons. The number of benzene rings is 1. The van der Waals surface area contributed by atoms with Crippen LogP contribution in [0.2, 0.25) is 0 Å². The van der Waals surface area contributed by atoms with Crippen LogP contribution in [0.1, 0.15) is 47.8 Å². The summed E-state index contributed by atoms with van der Waals surface area (Å²) in [6.45, 7) is 7.68. The highest BCUT2D eigenvalue weighted by molar-refractivity contribution is 9.10. The monoisotopic (exact) mass is 588 g/mol. The summed E-state index contributed by atoms with van der Waals surface area (Å²) >= 11 is 3.38. The molecule has 0 saturated carbocycles. The first-order valence-corrected chi connectivity index (χ1v) is 13.6. The van der Waals surface area contributed by atoms with Crippen molar-refractivity contribution in [2.24, 2.45) is 5.92 Å². The molecule has 1 aromatic carbocycles. The van der Waals surface area contributed by atoms with E-state index in [-0.39, 0.29) is 36.4 Å². The van der Waals surface area contributed by atoms with E-state index in [1.165, 1.54) is 6.92 Å². The number of rotatable bonds is 7. The van der Waals surface area contributed by atoms with Gasteiger partial charge in [-0.05, 0) is 71.4 Å². The molecule has 10 heteroatoms. The second kappa shape index (κ2) is 10.8. The van der Waals surface area contributed by atoms with E-state index in [1.807, 2.05) is 51.1 Å². The van der Waals surface area contributed by atoms with Gasteiger partial charge < -0.3 is 4.90 Å². The topological polar surface area (TPSA) is 111 Å². The average Bonchev–Trinajstić information content (AvgIpc) is 3.47. The minimum atomic E-state index is -0.519. The Morgan fingerprint density at radius 3 is 2.51 bits per heavy atom. The normalized spacial score (nSPS) is 17.1. The Hall–Kier alpha value is -3.79. The largest absolute Gasteiger partial charge is 0.331 e. The molecule has 0 radical (unpaired) electrons. The number of hydrogen-bond donors (Lipinski definition) is 0. The van der Waals surface area contributed by atoms with Crippen LogP contribution in [0.5, 0.6) is 0 Å². The van der Waals surface area contributed by atoms with Crippen LogP contribution in [-0.2, 0) is 22.6 Å². The third kappa shape index (κ3) is 5.52. The summed E-state index contributed by atoms with van der Waals surface area (Å²) in [4.78, 5) is 54.1. The van der Waals surface area contributed by atoms with Gasteiger partial charge in [-0.15, -0.1) is 0 Å².